The van der Waals surface area contributed by atoms with E-state index >= 15 is 0 Å². The Kier molecular flexibility index (Phi) is 7.34. The van der Waals surface area contributed by atoms with E-state index in [0.717, 1.165) is 6.08 Å². The SMILES string of the molecule is C[C@H](/C=C/C(=O)O)[C@H](OC(=O)NC(=O)c1ccccc1)c1cc(Br)ccc1O. The molecule has 2 amide bonds. The van der Waals surface area contributed by atoms with E-state index < -0.39 is 30.0 Å². The van der Waals surface area contributed by atoms with Gasteiger partial charge < -0.3 is 14.9 Å². The van der Waals surface area contributed by atoms with Crippen molar-refractivity contribution in [1.82, 2.24) is 5.32 Å². The molecule has 2 atom stereocenters. The highest BCUT2D eigenvalue weighted by Gasteiger charge is 2.26. The van der Waals surface area contributed by atoms with Gasteiger partial charge in [0.2, 0.25) is 0 Å². The van der Waals surface area contributed by atoms with Crippen molar-refractivity contribution in [2.75, 3.05) is 0 Å². The molecule has 8 heteroatoms. The quantitative estimate of drug-likeness (QED) is 0.575. The minimum Gasteiger partial charge on any atom is -0.508 e. The molecule has 0 aromatic heterocycles. The Morgan fingerprint density at radius 2 is 1.82 bits per heavy atom. The Balaban J connectivity index is 2.23. The molecule has 0 fully saturated rings. The molecule has 0 saturated carbocycles. The van der Waals surface area contributed by atoms with Crippen LogP contribution in [0.4, 0.5) is 4.79 Å². The number of halogens is 1. The van der Waals surface area contributed by atoms with Crippen LogP contribution in [0.25, 0.3) is 0 Å². The first-order valence-electron chi connectivity index (χ1n) is 8.24. The summed E-state index contributed by atoms with van der Waals surface area (Å²) in [5.74, 6) is -2.54. The van der Waals surface area contributed by atoms with E-state index in [2.05, 4.69) is 21.2 Å². The van der Waals surface area contributed by atoms with Gasteiger partial charge in [-0.05, 0) is 30.3 Å². The average molecular weight is 448 g/mol. The van der Waals surface area contributed by atoms with Crippen molar-refractivity contribution in [1.29, 1.82) is 0 Å². The number of hydrogen-bond donors (Lipinski definition) is 3. The highest BCUT2D eigenvalue weighted by atomic mass is 79.9. The molecule has 0 heterocycles. The third-order valence-corrected chi connectivity index (χ3v) is 4.29. The van der Waals surface area contributed by atoms with Crippen molar-refractivity contribution in [3.8, 4) is 5.75 Å². The van der Waals surface area contributed by atoms with E-state index in [4.69, 9.17) is 9.84 Å². The van der Waals surface area contributed by atoms with Crippen LogP contribution in [0, 0.1) is 5.92 Å². The predicted molar refractivity (Wildman–Crippen MR) is 105 cm³/mol. The molecule has 2 aromatic carbocycles. The highest BCUT2D eigenvalue weighted by Crippen LogP contribution is 2.35. The van der Waals surface area contributed by atoms with Gasteiger partial charge in [0.15, 0.2) is 0 Å². The second-order valence-corrected chi connectivity index (χ2v) is 6.82. The van der Waals surface area contributed by atoms with Gasteiger partial charge in [0.05, 0.1) is 0 Å². The van der Waals surface area contributed by atoms with Crippen LogP contribution >= 0.6 is 15.9 Å². The summed E-state index contributed by atoms with van der Waals surface area (Å²) in [6, 6.07) is 12.7. The van der Waals surface area contributed by atoms with E-state index in [1.807, 2.05) is 0 Å². The fourth-order valence-electron chi connectivity index (χ4n) is 2.44. The summed E-state index contributed by atoms with van der Waals surface area (Å²) in [5, 5.41) is 21.1. The summed E-state index contributed by atoms with van der Waals surface area (Å²) < 4.78 is 5.99. The largest absolute Gasteiger partial charge is 0.508 e. The average Bonchev–Trinajstić information content (AvgIpc) is 2.67. The molecule has 28 heavy (non-hydrogen) atoms. The number of phenolic OH excluding ortho intramolecular Hbond substituents is 1. The number of carbonyl (C=O) groups is 3. The third-order valence-electron chi connectivity index (χ3n) is 3.80. The summed E-state index contributed by atoms with van der Waals surface area (Å²) in [7, 11) is 0. The van der Waals surface area contributed by atoms with Gasteiger partial charge in [0.1, 0.15) is 11.9 Å². The normalized spacial score (nSPS) is 12.9. The van der Waals surface area contributed by atoms with Gasteiger partial charge in [-0.1, -0.05) is 47.1 Å². The molecule has 0 bridgehead atoms. The molecule has 0 radical (unpaired) electrons. The first kappa shape index (κ1) is 21.2. The summed E-state index contributed by atoms with van der Waals surface area (Å²) in [6.45, 7) is 1.62. The first-order valence-corrected chi connectivity index (χ1v) is 9.03. The van der Waals surface area contributed by atoms with Gasteiger partial charge in [-0.25, -0.2) is 9.59 Å². The molecule has 0 spiro atoms. The summed E-state index contributed by atoms with van der Waals surface area (Å²) in [6.07, 6.45) is 0.202. The smallest absolute Gasteiger partial charge is 0.414 e. The molecule has 0 aliphatic rings. The molecule has 0 saturated heterocycles. The standard InChI is InChI=1S/C20H18BrNO6/c1-12(7-10-17(24)25)18(15-11-14(21)8-9-16(15)23)28-20(27)22-19(26)13-5-3-2-4-6-13/h2-12,18,23H,1H3,(H,24,25)(H,22,26,27)/b10-7+/t12-,18+/m1/s1. The Labute approximate surface area is 169 Å². The number of carbonyl (C=O) groups excluding carboxylic acids is 2. The number of benzene rings is 2. The lowest BCUT2D eigenvalue weighted by atomic mass is 9.96. The Morgan fingerprint density at radius 3 is 2.46 bits per heavy atom. The number of carboxylic acid groups (broad SMARTS) is 1. The fourth-order valence-corrected chi connectivity index (χ4v) is 2.82. The van der Waals surface area contributed by atoms with Crippen molar-refractivity contribution >= 4 is 33.9 Å². The molecule has 7 nitrogen and oxygen atoms in total. The van der Waals surface area contributed by atoms with Gasteiger partial charge in [-0.15, -0.1) is 0 Å². The highest BCUT2D eigenvalue weighted by molar-refractivity contribution is 9.10. The first-order chi connectivity index (χ1) is 13.3. The zero-order chi connectivity index (χ0) is 20.7. The lowest BCUT2D eigenvalue weighted by Crippen LogP contribution is -2.33. The number of aliphatic carboxylic acids is 1. The van der Waals surface area contributed by atoms with E-state index in [-0.39, 0.29) is 16.9 Å². The number of phenols is 1. The van der Waals surface area contributed by atoms with Gasteiger partial charge in [-0.2, -0.15) is 0 Å². The van der Waals surface area contributed by atoms with E-state index in [0.29, 0.717) is 4.47 Å². The lowest BCUT2D eigenvalue weighted by Gasteiger charge is -2.23. The van der Waals surface area contributed by atoms with Crippen LogP contribution in [-0.2, 0) is 9.53 Å². The molecular formula is C20H18BrNO6. The van der Waals surface area contributed by atoms with E-state index in [1.54, 1.807) is 49.4 Å². The van der Waals surface area contributed by atoms with E-state index in [9.17, 15) is 19.5 Å². The molecule has 0 aliphatic heterocycles. The number of imide groups is 1. The maximum Gasteiger partial charge on any atom is 0.414 e. The number of rotatable bonds is 6. The third kappa shape index (κ3) is 5.95. The van der Waals surface area contributed by atoms with Gasteiger partial charge in [0.25, 0.3) is 5.91 Å². The van der Waals surface area contributed by atoms with Crippen LogP contribution in [0.1, 0.15) is 28.9 Å². The molecule has 0 aliphatic carbocycles. The molecule has 0 unspecified atom stereocenters. The molecular weight excluding hydrogens is 430 g/mol. The number of amides is 2. The molecule has 2 rings (SSSR count). The molecule has 3 N–H and O–H groups in total. The minimum absolute atomic E-state index is 0.133. The number of carboxylic acids is 1. The Morgan fingerprint density at radius 1 is 1.14 bits per heavy atom. The maximum absolute atomic E-state index is 12.3. The van der Waals surface area contributed by atoms with Crippen LogP contribution < -0.4 is 5.32 Å². The molecule has 2 aromatic rings. The lowest BCUT2D eigenvalue weighted by molar-refractivity contribution is -0.131. The number of aromatic hydroxyl groups is 1. The van der Waals surface area contributed by atoms with Crippen molar-refractivity contribution in [2.45, 2.75) is 13.0 Å². The topological polar surface area (TPSA) is 113 Å². The number of nitrogens with one attached hydrogen (secondary N) is 1. The Bertz CT molecular complexity index is 897. The van der Waals surface area contributed by atoms with E-state index in [1.165, 1.54) is 12.1 Å². The maximum atomic E-state index is 12.3. The van der Waals surface area contributed by atoms with Gasteiger partial charge >= 0.3 is 12.1 Å². The van der Waals surface area contributed by atoms with Gasteiger partial charge in [-0.3, -0.25) is 10.1 Å². The molecule has 146 valence electrons. The second-order valence-electron chi connectivity index (χ2n) is 5.91. The van der Waals surface area contributed by atoms with Crippen LogP contribution in [0.3, 0.4) is 0 Å². The van der Waals surface area contributed by atoms with Crippen LogP contribution in [-0.4, -0.2) is 28.2 Å². The Hall–Kier alpha value is -3.13. The summed E-state index contributed by atoms with van der Waals surface area (Å²) in [4.78, 5) is 35.2. The number of ether oxygens (including phenoxy) is 1. The van der Waals surface area contributed by atoms with Crippen molar-refractivity contribution in [3.63, 3.8) is 0 Å². The summed E-state index contributed by atoms with van der Waals surface area (Å²) >= 11 is 3.28. The van der Waals surface area contributed by atoms with Crippen molar-refractivity contribution in [3.05, 3.63) is 76.3 Å². The van der Waals surface area contributed by atoms with Crippen LogP contribution in [0.5, 0.6) is 5.75 Å². The summed E-state index contributed by atoms with van der Waals surface area (Å²) in [5.41, 5.74) is 0.541. The zero-order valence-corrected chi connectivity index (χ0v) is 16.4. The zero-order valence-electron chi connectivity index (χ0n) is 14.8. The fraction of sp³-hybridized carbons (Fsp3) is 0.150. The van der Waals surface area contributed by atoms with Crippen molar-refractivity contribution < 1.29 is 29.3 Å². The van der Waals surface area contributed by atoms with Crippen molar-refractivity contribution in [2.24, 2.45) is 5.92 Å². The monoisotopic (exact) mass is 447 g/mol. The minimum atomic E-state index is -1.16. The van der Waals surface area contributed by atoms with Crippen LogP contribution in [0.2, 0.25) is 0 Å². The van der Waals surface area contributed by atoms with Crippen LogP contribution in [0.15, 0.2) is 65.2 Å². The predicted octanol–water partition coefficient (Wildman–Crippen LogP) is 4.04. The van der Waals surface area contributed by atoms with Gasteiger partial charge in [0, 0.05) is 27.6 Å². The number of hydrogen-bond acceptors (Lipinski definition) is 5. The second kappa shape index (κ2) is 9.70. The number of alkyl carbamates (subject to hydrolysis) is 1.